The Kier molecular flexibility index (Phi) is 8.27. The topological polar surface area (TPSA) is 99.5 Å². The molecule has 0 aliphatic carbocycles. The quantitative estimate of drug-likeness (QED) is 0.155. The molecule has 3 N–H and O–H groups in total. The molecule has 43 heavy (non-hydrogen) atoms. The Bertz CT molecular complexity index is 1790. The summed E-state index contributed by atoms with van der Waals surface area (Å²) in [7, 11) is 0. The van der Waals surface area contributed by atoms with Crippen LogP contribution >= 0.6 is 0 Å². The lowest BCUT2D eigenvalue weighted by Gasteiger charge is -2.17. The van der Waals surface area contributed by atoms with Crippen molar-refractivity contribution in [3.8, 4) is 11.1 Å². The summed E-state index contributed by atoms with van der Waals surface area (Å²) in [5.74, 6) is -2.41. The van der Waals surface area contributed by atoms with Crippen molar-refractivity contribution in [2.24, 2.45) is 5.92 Å². The van der Waals surface area contributed by atoms with E-state index in [0.717, 1.165) is 11.6 Å². The fourth-order valence-corrected chi connectivity index (χ4v) is 4.93. The number of nitrogens with zero attached hydrogens (tertiary/aromatic N) is 1. The number of fused-ring (bicyclic) bond motifs is 1. The van der Waals surface area contributed by atoms with Crippen molar-refractivity contribution in [1.29, 1.82) is 0 Å². The number of carboxylic acid groups (broad SMARTS) is 1. The molecular formula is C34H27F3N2O4. The normalized spacial score (nSPS) is 13.0. The zero-order valence-electron chi connectivity index (χ0n) is 23.0. The molecule has 0 fully saturated rings. The van der Waals surface area contributed by atoms with Crippen molar-refractivity contribution in [3.05, 3.63) is 131 Å². The standard InChI is InChI=1S/C34H27F3N2O4/c1-20(33(42)43)31(40)23-15-13-21(14-16-23)18-38-25-10-5-9-24(17-25)29-26-11-6-12-28(34(35,36)37)30(26)39-19-27(29)32(41)22-7-3-2-4-8-22/h2-17,19-20,31,38,40H,18H2,1H3,(H,42,43)/t20-,31-/m0/s1. The number of pyridine rings is 1. The van der Waals surface area contributed by atoms with Crippen molar-refractivity contribution in [2.75, 3.05) is 5.32 Å². The van der Waals surface area contributed by atoms with Crippen LogP contribution in [0.15, 0.2) is 103 Å². The van der Waals surface area contributed by atoms with E-state index >= 15 is 0 Å². The van der Waals surface area contributed by atoms with Gasteiger partial charge < -0.3 is 15.5 Å². The highest BCUT2D eigenvalue weighted by molar-refractivity contribution is 6.16. The van der Waals surface area contributed by atoms with Crippen LogP contribution in [0.2, 0.25) is 0 Å². The number of anilines is 1. The van der Waals surface area contributed by atoms with Gasteiger partial charge in [-0.3, -0.25) is 14.6 Å². The van der Waals surface area contributed by atoms with Crippen LogP contribution in [0.4, 0.5) is 18.9 Å². The van der Waals surface area contributed by atoms with Crippen molar-refractivity contribution in [2.45, 2.75) is 25.7 Å². The van der Waals surface area contributed by atoms with Crippen LogP contribution in [-0.4, -0.2) is 26.9 Å². The number of carboxylic acids is 1. The molecule has 2 atom stereocenters. The first-order valence-electron chi connectivity index (χ1n) is 13.5. The molecule has 0 spiro atoms. The van der Waals surface area contributed by atoms with Gasteiger partial charge in [-0.05, 0) is 41.8 Å². The van der Waals surface area contributed by atoms with Gasteiger partial charge in [0.15, 0.2) is 5.78 Å². The summed E-state index contributed by atoms with van der Waals surface area (Å²) >= 11 is 0. The Morgan fingerprint density at radius 2 is 1.60 bits per heavy atom. The van der Waals surface area contributed by atoms with E-state index in [1.807, 2.05) is 0 Å². The summed E-state index contributed by atoms with van der Waals surface area (Å²) in [6, 6.07) is 26.3. The van der Waals surface area contributed by atoms with E-state index in [2.05, 4.69) is 10.3 Å². The molecule has 5 rings (SSSR count). The van der Waals surface area contributed by atoms with Crippen LogP contribution < -0.4 is 5.32 Å². The molecular weight excluding hydrogens is 557 g/mol. The molecule has 0 amide bonds. The van der Waals surface area contributed by atoms with Crippen LogP contribution in [0.25, 0.3) is 22.0 Å². The van der Waals surface area contributed by atoms with Crippen LogP contribution in [0.5, 0.6) is 0 Å². The number of nitrogens with one attached hydrogen (secondary N) is 1. The molecule has 0 aliphatic rings. The van der Waals surface area contributed by atoms with Crippen molar-refractivity contribution in [3.63, 3.8) is 0 Å². The van der Waals surface area contributed by atoms with E-state index in [9.17, 15) is 27.9 Å². The second-order valence-corrected chi connectivity index (χ2v) is 10.2. The number of hydrogen-bond donors (Lipinski definition) is 3. The summed E-state index contributed by atoms with van der Waals surface area (Å²) in [5.41, 5.74) is 2.33. The zero-order chi connectivity index (χ0) is 30.7. The van der Waals surface area contributed by atoms with Gasteiger partial charge in [0.05, 0.1) is 23.1 Å². The summed E-state index contributed by atoms with van der Waals surface area (Å²) in [5, 5.41) is 22.9. The van der Waals surface area contributed by atoms with Crippen LogP contribution in [0, 0.1) is 5.92 Å². The minimum absolute atomic E-state index is 0.180. The van der Waals surface area contributed by atoms with Crippen LogP contribution in [0.1, 0.15) is 45.6 Å². The predicted octanol–water partition coefficient (Wildman–Crippen LogP) is 7.52. The predicted molar refractivity (Wildman–Crippen MR) is 158 cm³/mol. The molecule has 6 nitrogen and oxygen atoms in total. The maximum absolute atomic E-state index is 13.9. The molecule has 218 valence electrons. The summed E-state index contributed by atoms with van der Waals surface area (Å²) < 4.78 is 41.7. The third-order valence-corrected chi connectivity index (χ3v) is 7.32. The van der Waals surface area contributed by atoms with E-state index in [1.165, 1.54) is 25.3 Å². The molecule has 0 unspecified atom stereocenters. The number of halogens is 3. The van der Waals surface area contributed by atoms with Gasteiger partial charge in [0, 0.05) is 40.5 Å². The minimum Gasteiger partial charge on any atom is -0.481 e. The largest absolute Gasteiger partial charge is 0.481 e. The third-order valence-electron chi connectivity index (χ3n) is 7.32. The second-order valence-electron chi connectivity index (χ2n) is 10.2. The Balaban J connectivity index is 1.51. The van der Waals surface area contributed by atoms with Crippen LogP contribution in [0.3, 0.4) is 0 Å². The number of alkyl halides is 3. The Labute approximate surface area is 245 Å². The number of aliphatic hydroxyl groups excluding tert-OH is 1. The summed E-state index contributed by atoms with van der Waals surface area (Å²) in [6.45, 7) is 1.81. The average Bonchev–Trinajstić information content (AvgIpc) is 3.02. The number of hydrogen-bond acceptors (Lipinski definition) is 5. The lowest BCUT2D eigenvalue weighted by molar-refractivity contribution is -0.145. The van der Waals surface area contributed by atoms with E-state index < -0.39 is 29.7 Å². The lowest BCUT2D eigenvalue weighted by atomic mass is 9.91. The number of aliphatic hydroxyl groups is 1. The number of para-hydroxylation sites is 1. The van der Waals surface area contributed by atoms with Gasteiger partial charge in [0.25, 0.3) is 0 Å². The van der Waals surface area contributed by atoms with Gasteiger partial charge in [-0.25, -0.2) is 0 Å². The minimum atomic E-state index is -4.63. The maximum atomic E-state index is 13.9. The number of benzene rings is 4. The molecule has 0 saturated carbocycles. The fraction of sp³-hybridized carbons (Fsp3) is 0.147. The maximum Gasteiger partial charge on any atom is 0.418 e. The number of aromatic nitrogens is 1. The third kappa shape index (κ3) is 6.27. The van der Waals surface area contributed by atoms with E-state index in [1.54, 1.807) is 78.9 Å². The average molecular weight is 585 g/mol. The molecule has 4 aromatic carbocycles. The van der Waals surface area contributed by atoms with Crippen LogP contribution in [-0.2, 0) is 17.5 Å². The van der Waals surface area contributed by atoms with Gasteiger partial charge >= 0.3 is 12.1 Å². The van der Waals surface area contributed by atoms with Crippen molar-refractivity contribution < 1.29 is 33.0 Å². The summed E-state index contributed by atoms with van der Waals surface area (Å²) in [6.07, 6.45) is -4.56. The highest BCUT2D eigenvalue weighted by Crippen LogP contribution is 2.39. The van der Waals surface area contributed by atoms with Crippen molar-refractivity contribution in [1.82, 2.24) is 4.98 Å². The Hall–Kier alpha value is -5.02. The first kappa shape index (κ1) is 29.5. The smallest absolute Gasteiger partial charge is 0.418 e. The molecule has 0 radical (unpaired) electrons. The molecule has 0 bridgehead atoms. The van der Waals surface area contributed by atoms with E-state index in [0.29, 0.717) is 34.5 Å². The summed E-state index contributed by atoms with van der Waals surface area (Å²) in [4.78, 5) is 28.9. The van der Waals surface area contributed by atoms with E-state index in [-0.39, 0.29) is 22.2 Å². The number of carbonyl (C=O) groups is 2. The molecule has 0 saturated heterocycles. The molecule has 9 heteroatoms. The molecule has 5 aromatic rings. The number of carbonyl (C=O) groups excluding carboxylic acids is 1. The highest BCUT2D eigenvalue weighted by atomic mass is 19.4. The highest BCUT2D eigenvalue weighted by Gasteiger charge is 2.34. The monoisotopic (exact) mass is 584 g/mol. The van der Waals surface area contributed by atoms with Crippen molar-refractivity contribution >= 4 is 28.3 Å². The Morgan fingerprint density at radius 3 is 2.28 bits per heavy atom. The number of ketones is 1. The van der Waals surface area contributed by atoms with Gasteiger partial charge in [-0.2, -0.15) is 13.2 Å². The molecule has 1 aromatic heterocycles. The molecule has 1 heterocycles. The number of aliphatic carboxylic acids is 1. The lowest BCUT2D eigenvalue weighted by Crippen LogP contribution is -2.18. The SMILES string of the molecule is C[C@H](C(=O)O)[C@H](O)c1ccc(CNc2cccc(-c3c(C(=O)c4ccccc4)cnc4c(C(F)(F)F)cccc34)c2)cc1. The van der Waals surface area contributed by atoms with Gasteiger partial charge in [-0.15, -0.1) is 0 Å². The zero-order valence-corrected chi connectivity index (χ0v) is 23.0. The molecule has 0 aliphatic heterocycles. The Morgan fingerprint density at radius 1 is 0.907 bits per heavy atom. The van der Waals surface area contributed by atoms with E-state index in [4.69, 9.17) is 5.11 Å². The van der Waals surface area contributed by atoms with Gasteiger partial charge in [0.2, 0.25) is 0 Å². The van der Waals surface area contributed by atoms with Gasteiger partial charge in [0.1, 0.15) is 0 Å². The second kappa shape index (κ2) is 12.1. The van der Waals surface area contributed by atoms with Gasteiger partial charge in [-0.1, -0.05) is 78.9 Å². The first-order valence-corrected chi connectivity index (χ1v) is 13.5. The fourth-order valence-electron chi connectivity index (χ4n) is 4.93. The first-order chi connectivity index (χ1) is 20.5. The number of rotatable bonds is 9.